The molecular weight excluding hydrogens is 559 g/mol. The standard InChI is InChI=1S/C31H32F3N7O2/c1-20-28-27(21-9-11-22(12-10-21)30(43)37-25-19-23(13-14-36-25)31(32,33)34)38-29(41(28)18-15-35-20)24-7-4-5-17-40(24)26(42)8-6-16-39(2)3/h6,8-15,18-19,24H,4-5,7,16-17H2,1-3H3,(H,36,37,43)/b8-6+. The summed E-state index contributed by atoms with van der Waals surface area (Å²) in [5.74, 6) is -0.105. The molecule has 0 bridgehead atoms. The molecule has 0 saturated carbocycles. The van der Waals surface area contributed by atoms with E-state index in [4.69, 9.17) is 4.98 Å². The van der Waals surface area contributed by atoms with Crippen molar-refractivity contribution in [2.24, 2.45) is 0 Å². The molecule has 0 aliphatic carbocycles. The van der Waals surface area contributed by atoms with Crippen molar-refractivity contribution in [1.29, 1.82) is 0 Å². The first kappa shape index (κ1) is 29.9. The minimum absolute atomic E-state index is 0.0544. The summed E-state index contributed by atoms with van der Waals surface area (Å²) in [6.45, 7) is 3.19. The Kier molecular flexibility index (Phi) is 8.58. The number of likely N-dealkylation sites (tertiary alicyclic amines) is 1. The maximum atomic E-state index is 13.2. The Morgan fingerprint density at radius 3 is 2.58 bits per heavy atom. The number of fused-ring (bicyclic) bond motifs is 1. The minimum Gasteiger partial charge on any atom is -0.329 e. The number of benzene rings is 1. The van der Waals surface area contributed by atoms with E-state index in [1.54, 1.807) is 36.5 Å². The normalized spacial score (nSPS) is 15.9. The van der Waals surface area contributed by atoms with Crippen LogP contribution in [0.4, 0.5) is 19.0 Å². The summed E-state index contributed by atoms with van der Waals surface area (Å²) >= 11 is 0. The molecule has 5 rings (SSSR count). The molecule has 1 aliphatic rings. The smallest absolute Gasteiger partial charge is 0.329 e. The van der Waals surface area contributed by atoms with Crippen molar-refractivity contribution in [3.8, 4) is 11.3 Å². The fraction of sp³-hybridized carbons (Fsp3) is 0.323. The van der Waals surface area contributed by atoms with Gasteiger partial charge in [0.25, 0.3) is 5.91 Å². The van der Waals surface area contributed by atoms with E-state index < -0.39 is 17.6 Å². The molecule has 0 spiro atoms. The van der Waals surface area contributed by atoms with E-state index >= 15 is 0 Å². The van der Waals surface area contributed by atoms with E-state index in [1.807, 2.05) is 47.5 Å². The molecular formula is C31H32F3N7O2. The van der Waals surface area contributed by atoms with Gasteiger partial charge < -0.3 is 15.1 Å². The number of likely N-dealkylation sites (N-methyl/N-ethyl adjacent to an activating group) is 1. The van der Waals surface area contributed by atoms with Crippen LogP contribution >= 0.6 is 0 Å². The number of alkyl halides is 3. The number of carbonyl (C=O) groups is 2. The minimum atomic E-state index is -4.55. The molecule has 1 unspecified atom stereocenters. The van der Waals surface area contributed by atoms with Gasteiger partial charge in [0.2, 0.25) is 5.91 Å². The summed E-state index contributed by atoms with van der Waals surface area (Å²) in [6.07, 6.45) is 6.15. The molecule has 4 heterocycles. The first-order valence-electron chi connectivity index (χ1n) is 13.9. The Hall–Kier alpha value is -4.58. The van der Waals surface area contributed by atoms with Crippen molar-refractivity contribution >= 4 is 23.1 Å². The fourth-order valence-electron chi connectivity index (χ4n) is 5.22. The second-order valence-corrected chi connectivity index (χ2v) is 10.7. The Bertz CT molecular complexity index is 1660. The molecule has 2 amide bonds. The zero-order valence-electron chi connectivity index (χ0n) is 24.1. The highest BCUT2D eigenvalue weighted by Gasteiger charge is 2.32. The first-order chi connectivity index (χ1) is 20.5. The van der Waals surface area contributed by atoms with Gasteiger partial charge in [-0.15, -0.1) is 0 Å². The highest BCUT2D eigenvalue weighted by atomic mass is 19.4. The Balaban J connectivity index is 1.44. The lowest BCUT2D eigenvalue weighted by Gasteiger charge is -2.34. The van der Waals surface area contributed by atoms with Crippen LogP contribution in [0.1, 0.15) is 52.7 Å². The number of hydrogen-bond acceptors (Lipinski definition) is 6. The lowest BCUT2D eigenvalue weighted by Crippen LogP contribution is -2.38. The van der Waals surface area contributed by atoms with Crippen LogP contribution in [-0.4, -0.2) is 68.2 Å². The third kappa shape index (κ3) is 6.59. The van der Waals surface area contributed by atoms with Gasteiger partial charge in [0.15, 0.2) is 0 Å². The molecule has 0 radical (unpaired) electrons. The Labute approximate surface area is 247 Å². The first-order valence-corrected chi connectivity index (χ1v) is 13.9. The third-order valence-electron chi connectivity index (χ3n) is 7.33. The van der Waals surface area contributed by atoms with Gasteiger partial charge in [-0.05, 0) is 64.5 Å². The largest absolute Gasteiger partial charge is 0.416 e. The SMILES string of the molecule is Cc1nccn2c(C3CCCCN3C(=O)/C=C/CN(C)C)nc(-c3ccc(C(=O)Nc4cc(C(F)(F)F)ccn4)cc3)c12. The number of anilines is 1. The van der Waals surface area contributed by atoms with E-state index in [2.05, 4.69) is 15.3 Å². The highest BCUT2D eigenvalue weighted by Crippen LogP contribution is 2.35. The van der Waals surface area contributed by atoms with Crippen molar-refractivity contribution in [1.82, 2.24) is 29.2 Å². The summed E-state index contributed by atoms with van der Waals surface area (Å²) in [4.78, 5) is 43.2. The molecule has 1 aromatic carbocycles. The van der Waals surface area contributed by atoms with Gasteiger partial charge >= 0.3 is 6.18 Å². The number of rotatable bonds is 7. The molecule has 3 aromatic heterocycles. The molecule has 1 atom stereocenters. The average Bonchev–Trinajstić information content (AvgIpc) is 3.37. The third-order valence-corrected chi connectivity index (χ3v) is 7.33. The van der Waals surface area contributed by atoms with Crippen LogP contribution in [0.5, 0.6) is 0 Å². The molecule has 12 heteroatoms. The second-order valence-electron chi connectivity index (χ2n) is 10.7. The van der Waals surface area contributed by atoms with Crippen molar-refractivity contribution in [2.75, 3.05) is 32.5 Å². The van der Waals surface area contributed by atoms with Crippen LogP contribution in [0.3, 0.4) is 0 Å². The van der Waals surface area contributed by atoms with Crippen molar-refractivity contribution < 1.29 is 22.8 Å². The van der Waals surface area contributed by atoms with E-state index in [0.29, 0.717) is 18.8 Å². The Morgan fingerprint density at radius 1 is 1.09 bits per heavy atom. The monoisotopic (exact) mass is 591 g/mol. The van der Waals surface area contributed by atoms with Crippen molar-refractivity contribution in [3.05, 3.63) is 89.8 Å². The predicted molar refractivity (Wildman–Crippen MR) is 156 cm³/mol. The van der Waals surface area contributed by atoms with E-state index in [9.17, 15) is 22.8 Å². The summed E-state index contributed by atoms with van der Waals surface area (Å²) in [5.41, 5.74) is 2.29. The van der Waals surface area contributed by atoms with Crippen LogP contribution in [0.25, 0.3) is 16.8 Å². The van der Waals surface area contributed by atoms with E-state index in [0.717, 1.165) is 60.2 Å². The Morgan fingerprint density at radius 2 is 1.86 bits per heavy atom. The lowest BCUT2D eigenvalue weighted by atomic mass is 10.0. The van der Waals surface area contributed by atoms with Gasteiger partial charge in [-0.3, -0.25) is 19.0 Å². The molecule has 1 fully saturated rings. The van der Waals surface area contributed by atoms with E-state index in [-0.39, 0.29) is 23.3 Å². The van der Waals surface area contributed by atoms with Gasteiger partial charge in [0.05, 0.1) is 28.5 Å². The summed E-state index contributed by atoms with van der Waals surface area (Å²) in [7, 11) is 3.89. The number of nitrogens with zero attached hydrogens (tertiary/aromatic N) is 6. The van der Waals surface area contributed by atoms with Crippen LogP contribution in [0.15, 0.2) is 67.1 Å². The van der Waals surface area contributed by atoms with Gasteiger partial charge in [-0.2, -0.15) is 13.2 Å². The number of carbonyl (C=O) groups excluding carboxylic acids is 2. The predicted octanol–water partition coefficient (Wildman–Crippen LogP) is 5.54. The number of pyridine rings is 1. The number of imidazole rings is 1. The van der Waals surface area contributed by atoms with Gasteiger partial charge in [-0.25, -0.2) is 9.97 Å². The second kappa shape index (κ2) is 12.3. The maximum absolute atomic E-state index is 13.2. The fourth-order valence-corrected chi connectivity index (χ4v) is 5.22. The van der Waals surface area contributed by atoms with Crippen molar-refractivity contribution in [2.45, 2.75) is 38.4 Å². The van der Waals surface area contributed by atoms with Gasteiger partial charge in [0.1, 0.15) is 11.6 Å². The lowest BCUT2D eigenvalue weighted by molar-refractivity contribution is -0.137. The molecule has 43 heavy (non-hydrogen) atoms. The molecule has 224 valence electrons. The molecule has 9 nitrogen and oxygen atoms in total. The molecule has 1 N–H and O–H groups in total. The zero-order chi connectivity index (χ0) is 30.7. The molecule has 1 saturated heterocycles. The zero-order valence-corrected chi connectivity index (χ0v) is 24.1. The number of halogens is 3. The average molecular weight is 592 g/mol. The number of piperidine rings is 1. The van der Waals surface area contributed by atoms with Crippen LogP contribution in [-0.2, 0) is 11.0 Å². The summed E-state index contributed by atoms with van der Waals surface area (Å²) < 4.78 is 41.1. The van der Waals surface area contributed by atoms with Crippen LogP contribution in [0, 0.1) is 6.92 Å². The maximum Gasteiger partial charge on any atom is 0.416 e. The summed E-state index contributed by atoms with van der Waals surface area (Å²) in [6, 6.07) is 8.05. The van der Waals surface area contributed by atoms with Gasteiger partial charge in [0, 0.05) is 48.9 Å². The molecule has 1 aliphatic heterocycles. The summed E-state index contributed by atoms with van der Waals surface area (Å²) in [5, 5.41) is 2.43. The molecule has 4 aromatic rings. The van der Waals surface area contributed by atoms with E-state index in [1.165, 1.54) is 0 Å². The quantitative estimate of drug-likeness (QED) is 0.284. The number of nitrogens with one attached hydrogen (secondary N) is 1. The number of aromatic nitrogens is 4. The number of hydrogen-bond donors (Lipinski definition) is 1. The van der Waals surface area contributed by atoms with Crippen LogP contribution < -0.4 is 5.32 Å². The number of amides is 2. The van der Waals surface area contributed by atoms with Crippen molar-refractivity contribution in [3.63, 3.8) is 0 Å². The van der Waals surface area contributed by atoms with Gasteiger partial charge in [-0.1, -0.05) is 18.2 Å². The van der Waals surface area contributed by atoms with Crippen LogP contribution in [0.2, 0.25) is 0 Å². The number of aryl methyl sites for hydroxylation is 1. The topological polar surface area (TPSA) is 95.7 Å². The highest BCUT2D eigenvalue weighted by molar-refractivity contribution is 6.04.